The van der Waals surface area contributed by atoms with Crippen LogP contribution in [0, 0.1) is 12.7 Å². The Labute approximate surface area is 106 Å². The van der Waals surface area contributed by atoms with Crippen molar-refractivity contribution < 1.29 is 14.0 Å². The molecular formula is C13H17FN2O2. The summed E-state index contributed by atoms with van der Waals surface area (Å²) < 4.78 is 13.2. The average molecular weight is 252 g/mol. The Bertz CT molecular complexity index is 447. The largest absolute Gasteiger partial charge is 0.354 e. The van der Waals surface area contributed by atoms with Crippen molar-refractivity contribution in [1.82, 2.24) is 10.6 Å². The van der Waals surface area contributed by atoms with Crippen molar-refractivity contribution in [1.29, 1.82) is 0 Å². The third kappa shape index (κ3) is 4.16. The zero-order valence-corrected chi connectivity index (χ0v) is 10.5. The highest BCUT2D eigenvalue weighted by molar-refractivity contribution is 5.94. The summed E-state index contributed by atoms with van der Waals surface area (Å²) in [5.41, 5.74) is 0.779. The van der Waals surface area contributed by atoms with Gasteiger partial charge < -0.3 is 10.6 Å². The van der Waals surface area contributed by atoms with Gasteiger partial charge in [-0.3, -0.25) is 9.59 Å². The third-order valence-electron chi connectivity index (χ3n) is 2.49. The molecule has 2 amide bonds. The van der Waals surface area contributed by atoms with Crippen LogP contribution in [-0.2, 0) is 4.79 Å². The number of hydrogen-bond acceptors (Lipinski definition) is 2. The lowest BCUT2D eigenvalue weighted by Gasteiger charge is -2.07. The molecule has 0 aliphatic rings. The summed E-state index contributed by atoms with van der Waals surface area (Å²) in [7, 11) is 0. The maximum Gasteiger partial charge on any atom is 0.251 e. The molecule has 0 atom stereocenters. The van der Waals surface area contributed by atoms with E-state index < -0.39 is 5.82 Å². The topological polar surface area (TPSA) is 58.2 Å². The van der Waals surface area contributed by atoms with Crippen molar-refractivity contribution in [2.24, 2.45) is 0 Å². The number of halogens is 1. The lowest BCUT2D eigenvalue weighted by molar-refractivity contribution is -0.120. The predicted octanol–water partition coefficient (Wildman–Crippen LogP) is 1.39. The van der Waals surface area contributed by atoms with Crippen LogP contribution in [0.1, 0.15) is 29.3 Å². The predicted molar refractivity (Wildman–Crippen MR) is 66.8 cm³/mol. The fourth-order valence-electron chi connectivity index (χ4n) is 1.34. The molecule has 0 saturated heterocycles. The maximum atomic E-state index is 13.2. The van der Waals surface area contributed by atoms with Crippen molar-refractivity contribution in [3.05, 3.63) is 35.1 Å². The zero-order valence-electron chi connectivity index (χ0n) is 10.5. The average Bonchev–Trinajstić information content (AvgIpc) is 2.37. The Hall–Kier alpha value is -1.91. The minimum atomic E-state index is -0.401. The van der Waals surface area contributed by atoms with Gasteiger partial charge in [0, 0.05) is 25.1 Å². The van der Waals surface area contributed by atoms with Gasteiger partial charge in [0.1, 0.15) is 5.82 Å². The van der Waals surface area contributed by atoms with E-state index in [4.69, 9.17) is 0 Å². The molecule has 1 rings (SSSR count). The highest BCUT2D eigenvalue weighted by Crippen LogP contribution is 2.08. The quantitative estimate of drug-likeness (QED) is 0.778. The molecule has 0 bridgehead atoms. The van der Waals surface area contributed by atoms with Crippen LogP contribution in [0.3, 0.4) is 0 Å². The van der Waals surface area contributed by atoms with Crippen molar-refractivity contribution in [2.75, 3.05) is 13.1 Å². The summed E-state index contributed by atoms with van der Waals surface area (Å²) in [4.78, 5) is 22.6. The van der Waals surface area contributed by atoms with Gasteiger partial charge in [-0.15, -0.1) is 0 Å². The van der Waals surface area contributed by atoms with Crippen LogP contribution in [-0.4, -0.2) is 24.9 Å². The highest BCUT2D eigenvalue weighted by atomic mass is 19.1. The van der Waals surface area contributed by atoms with E-state index in [0.29, 0.717) is 25.1 Å². The number of amides is 2. The molecule has 0 spiro atoms. The second kappa shape index (κ2) is 6.74. The van der Waals surface area contributed by atoms with E-state index >= 15 is 0 Å². The fourth-order valence-corrected chi connectivity index (χ4v) is 1.34. The molecule has 4 nitrogen and oxygen atoms in total. The van der Waals surface area contributed by atoms with Crippen molar-refractivity contribution in [3.8, 4) is 0 Å². The second-order valence-electron chi connectivity index (χ2n) is 3.92. The van der Waals surface area contributed by atoms with E-state index in [2.05, 4.69) is 10.6 Å². The summed E-state index contributed by atoms with van der Waals surface area (Å²) in [5, 5.41) is 5.24. The molecule has 1 aromatic rings. The number of hydrogen-bond donors (Lipinski definition) is 2. The molecule has 18 heavy (non-hydrogen) atoms. The second-order valence-corrected chi connectivity index (χ2v) is 3.92. The molecule has 0 aliphatic carbocycles. The molecule has 0 aliphatic heterocycles. The van der Waals surface area contributed by atoms with E-state index in [9.17, 15) is 14.0 Å². The van der Waals surface area contributed by atoms with Crippen LogP contribution in [0.2, 0.25) is 0 Å². The summed E-state index contributed by atoms with van der Waals surface area (Å²) in [5.74, 6) is -0.813. The van der Waals surface area contributed by atoms with Crippen LogP contribution in [0.15, 0.2) is 18.2 Å². The molecule has 0 fully saturated rings. The third-order valence-corrected chi connectivity index (χ3v) is 2.49. The Kier molecular flexibility index (Phi) is 5.30. The normalized spacial score (nSPS) is 9.94. The van der Waals surface area contributed by atoms with E-state index in [1.807, 2.05) is 0 Å². The van der Waals surface area contributed by atoms with Crippen LogP contribution in [0.5, 0.6) is 0 Å². The van der Waals surface area contributed by atoms with E-state index in [0.717, 1.165) is 0 Å². The molecule has 0 aromatic heterocycles. The molecule has 0 heterocycles. The zero-order chi connectivity index (χ0) is 13.5. The Morgan fingerprint density at radius 3 is 2.50 bits per heavy atom. The van der Waals surface area contributed by atoms with Gasteiger partial charge in [-0.2, -0.15) is 0 Å². The van der Waals surface area contributed by atoms with Crippen LogP contribution >= 0.6 is 0 Å². The van der Waals surface area contributed by atoms with E-state index in [1.165, 1.54) is 6.07 Å². The first-order chi connectivity index (χ1) is 8.54. The minimum absolute atomic E-state index is 0.0642. The first-order valence-corrected chi connectivity index (χ1v) is 5.85. The molecule has 1 aromatic carbocycles. The Balaban J connectivity index is 2.41. The number of benzene rings is 1. The monoisotopic (exact) mass is 252 g/mol. The SMILES string of the molecule is CCC(=O)NCCNC(=O)c1ccc(C)c(F)c1. The van der Waals surface area contributed by atoms with Gasteiger partial charge in [-0.1, -0.05) is 13.0 Å². The van der Waals surface area contributed by atoms with Crippen LogP contribution in [0.25, 0.3) is 0 Å². The van der Waals surface area contributed by atoms with Gasteiger partial charge in [0.15, 0.2) is 0 Å². The first kappa shape index (κ1) is 14.2. The van der Waals surface area contributed by atoms with Crippen LogP contribution in [0.4, 0.5) is 4.39 Å². The lowest BCUT2D eigenvalue weighted by Crippen LogP contribution is -2.34. The Morgan fingerprint density at radius 2 is 1.89 bits per heavy atom. The van der Waals surface area contributed by atoms with Gasteiger partial charge in [0.25, 0.3) is 5.91 Å². The molecule has 0 unspecified atom stereocenters. The summed E-state index contributed by atoms with van der Waals surface area (Å²) in [6, 6.07) is 4.33. The molecular weight excluding hydrogens is 235 g/mol. The van der Waals surface area contributed by atoms with Gasteiger partial charge in [0.05, 0.1) is 0 Å². The molecule has 2 N–H and O–H groups in total. The van der Waals surface area contributed by atoms with Crippen molar-refractivity contribution in [2.45, 2.75) is 20.3 Å². The van der Waals surface area contributed by atoms with Gasteiger partial charge >= 0.3 is 0 Å². The van der Waals surface area contributed by atoms with Gasteiger partial charge in [-0.25, -0.2) is 4.39 Å². The van der Waals surface area contributed by atoms with Gasteiger partial charge in [-0.05, 0) is 24.6 Å². The number of rotatable bonds is 5. The highest BCUT2D eigenvalue weighted by Gasteiger charge is 2.07. The number of aryl methyl sites for hydroxylation is 1. The van der Waals surface area contributed by atoms with E-state index in [1.54, 1.807) is 26.0 Å². The summed E-state index contributed by atoms with van der Waals surface area (Å²) in [6.45, 7) is 4.08. The molecule has 5 heteroatoms. The minimum Gasteiger partial charge on any atom is -0.354 e. The van der Waals surface area contributed by atoms with Crippen molar-refractivity contribution in [3.63, 3.8) is 0 Å². The number of nitrogens with one attached hydrogen (secondary N) is 2. The van der Waals surface area contributed by atoms with Crippen molar-refractivity contribution >= 4 is 11.8 Å². The molecule has 0 radical (unpaired) electrons. The summed E-state index contributed by atoms with van der Waals surface area (Å²) in [6.07, 6.45) is 0.414. The molecule has 0 saturated carbocycles. The standard InChI is InChI=1S/C13H17FN2O2/c1-3-12(17)15-6-7-16-13(18)10-5-4-9(2)11(14)8-10/h4-5,8H,3,6-7H2,1-2H3,(H,15,17)(H,16,18). The maximum absolute atomic E-state index is 13.2. The number of carbonyl (C=O) groups is 2. The molecule has 98 valence electrons. The van der Waals surface area contributed by atoms with Crippen LogP contribution < -0.4 is 10.6 Å². The Morgan fingerprint density at radius 1 is 1.22 bits per heavy atom. The first-order valence-electron chi connectivity index (χ1n) is 5.85. The lowest BCUT2D eigenvalue weighted by atomic mass is 10.1. The fraction of sp³-hybridized carbons (Fsp3) is 0.385. The summed E-state index contributed by atoms with van der Waals surface area (Å²) >= 11 is 0. The van der Waals surface area contributed by atoms with Gasteiger partial charge in [0.2, 0.25) is 5.91 Å². The van der Waals surface area contributed by atoms with E-state index in [-0.39, 0.29) is 17.4 Å². The number of carbonyl (C=O) groups excluding carboxylic acids is 2. The smallest absolute Gasteiger partial charge is 0.251 e.